The highest BCUT2D eigenvalue weighted by molar-refractivity contribution is 5.92. The van der Waals surface area contributed by atoms with Crippen molar-refractivity contribution in [2.75, 3.05) is 20.2 Å². The van der Waals surface area contributed by atoms with E-state index in [1.807, 2.05) is 24.3 Å². The SMILES string of the molecule is COc1ccc(Cc2cnc([C@H]3CCCN(C(=O)c4cc(=O)n(C)c(=O)n4C)C3)o2)cc1. The standard InChI is InChI=1S/C23H26N4O5/c1-25-19(12-20(28)26(2)23(25)30)22(29)27-10-4-5-16(14-27)21-24-13-18(32-21)11-15-6-8-17(31-3)9-7-15/h6-9,12-13,16H,4-5,10-11,14H2,1-3H3/t16-/m0/s1. The van der Waals surface area contributed by atoms with E-state index in [4.69, 9.17) is 9.15 Å². The van der Waals surface area contributed by atoms with Crippen LogP contribution in [0.3, 0.4) is 0 Å². The van der Waals surface area contributed by atoms with E-state index in [1.54, 1.807) is 18.2 Å². The van der Waals surface area contributed by atoms with Gasteiger partial charge < -0.3 is 14.1 Å². The summed E-state index contributed by atoms with van der Waals surface area (Å²) in [6.07, 6.45) is 3.97. The number of methoxy groups -OCH3 is 1. The summed E-state index contributed by atoms with van der Waals surface area (Å²) in [5.74, 6) is 1.78. The molecule has 0 radical (unpaired) electrons. The predicted octanol–water partition coefficient (Wildman–Crippen LogP) is 1.69. The second-order valence-corrected chi connectivity index (χ2v) is 8.05. The van der Waals surface area contributed by atoms with E-state index in [1.165, 1.54) is 24.7 Å². The molecule has 0 bridgehead atoms. The molecule has 3 aromatic rings. The number of rotatable bonds is 5. The van der Waals surface area contributed by atoms with Crippen LogP contribution in [0.25, 0.3) is 0 Å². The van der Waals surface area contributed by atoms with Gasteiger partial charge in [-0.2, -0.15) is 0 Å². The molecule has 1 atom stereocenters. The predicted molar refractivity (Wildman–Crippen MR) is 117 cm³/mol. The minimum absolute atomic E-state index is 0.0408. The van der Waals surface area contributed by atoms with E-state index in [2.05, 4.69) is 4.98 Å². The van der Waals surface area contributed by atoms with Crippen molar-refractivity contribution in [3.8, 4) is 5.75 Å². The van der Waals surface area contributed by atoms with E-state index in [9.17, 15) is 14.4 Å². The molecule has 1 fully saturated rings. The van der Waals surface area contributed by atoms with Gasteiger partial charge in [-0.1, -0.05) is 12.1 Å². The zero-order valence-electron chi connectivity index (χ0n) is 18.4. The number of aromatic nitrogens is 3. The Morgan fingerprint density at radius 1 is 1.19 bits per heavy atom. The van der Waals surface area contributed by atoms with Crippen LogP contribution >= 0.6 is 0 Å². The minimum atomic E-state index is -0.523. The molecule has 0 aliphatic carbocycles. The third-order valence-corrected chi connectivity index (χ3v) is 5.91. The molecule has 4 rings (SSSR count). The molecule has 0 spiro atoms. The molecule has 1 amide bonds. The number of nitrogens with zero attached hydrogens (tertiary/aromatic N) is 4. The van der Waals surface area contributed by atoms with E-state index in [-0.39, 0.29) is 17.5 Å². The van der Waals surface area contributed by atoms with Gasteiger partial charge in [0.1, 0.15) is 17.2 Å². The van der Waals surface area contributed by atoms with Crippen LogP contribution in [0.5, 0.6) is 5.75 Å². The first-order valence-corrected chi connectivity index (χ1v) is 10.5. The van der Waals surface area contributed by atoms with Crippen molar-refractivity contribution < 1.29 is 13.9 Å². The molecule has 9 heteroatoms. The maximum atomic E-state index is 13.1. The number of carbonyl (C=O) groups is 1. The summed E-state index contributed by atoms with van der Waals surface area (Å²) in [5.41, 5.74) is 0.151. The van der Waals surface area contributed by atoms with Gasteiger partial charge in [0.15, 0.2) is 5.89 Å². The number of piperidine rings is 1. The quantitative estimate of drug-likeness (QED) is 0.601. The number of ether oxygens (including phenoxy) is 1. The lowest BCUT2D eigenvalue weighted by Gasteiger charge is -2.31. The van der Waals surface area contributed by atoms with Gasteiger partial charge in [0.25, 0.3) is 11.5 Å². The van der Waals surface area contributed by atoms with Crippen LogP contribution in [0.1, 0.15) is 46.5 Å². The maximum absolute atomic E-state index is 13.1. The topological polar surface area (TPSA) is 99.6 Å². The molecule has 0 N–H and O–H groups in total. The van der Waals surface area contributed by atoms with E-state index < -0.39 is 11.2 Å². The average Bonchev–Trinajstić information content (AvgIpc) is 3.28. The summed E-state index contributed by atoms with van der Waals surface area (Å²) in [6.45, 7) is 0.975. The van der Waals surface area contributed by atoms with Gasteiger partial charge in [-0.3, -0.25) is 18.7 Å². The molecule has 9 nitrogen and oxygen atoms in total. The first-order chi connectivity index (χ1) is 15.4. The normalized spacial score (nSPS) is 16.2. The number of hydrogen-bond acceptors (Lipinski definition) is 6. The van der Waals surface area contributed by atoms with Crippen molar-refractivity contribution in [2.45, 2.75) is 25.2 Å². The highest BCUT2D eigenvalue weighted by atomic mass is 16.5. The summed E-state index contributed by atoms with van der Waals surface area (Å²) < 4.78 is 13.4. The summed E-state index contributed by atoms with van der Waals surface area (Å²) >= 11 is 0. The van der Waals surface area contributed by atoms with Crippen molar-refractivity contribution in [1.82, 2.24) is 19.0 Å². The van der Waals surface area contributed by atoms with E-state index in [0.717, 1.165) is 34.5 Å². The molecule has 32 heavy (non-hydrogen) atoms. The molecule has 1 aromatic carbocycles. The lowest BCUT2D eigenvalue weighted by molar-refractivity contribution is 0.0685. The molecule has 1 aliphatic heterocycles. The van der Waals surface area contributed by atoms with Gasteiger partial charge in [-0.05, 0) is 30.5 Å². The van der Waals surface area contributed by atoms with Crippen molar-refractivity contribution in [1.29, 1.82) is 0 Å². The fraction of sp³-hybridized carbons (Fsp3) is 0.391. The Morgan fingerprint density at radius 2 is 1.94 bits per heavy atom. The van der Waals surface area contributed by atoms with Crippen molar-refractivity contribution in [3.05, 3.63) is 80.3 Å². The number of amides is 1. The summed E-state index contributed by atoms with van der Waals surface area (Å²) in [7, 11) is 4.52. The van der Waals surface area contributed by atoms with Gasteiger partial charge in [0, 0.05) is 39.7 Å². The van der Waals surface area contributed by atoms with Crippen LogP contribution in [0.2, 0.25) is 0 Å². The molecular weight excluding hydrogens is 412 g/mol. The number of likely N-dealkylation sites (tertiary alicyclic amines) is 1. The highest BCUT2D eigenvalue weighted by Crippen LogP contribution is 2.28. The lowest BCUT2D eigenvalue weighted by Crippen LogP contribution is -2.44. The van der Waals surface area contributed by atoms with Crippen LogP contribution in [-0.2, 0) is 20.5 Å². The van der Waals surface area contributed by atoms with Crippen LogP contribution in [-0.4, -0.2) is 45.1 Å². The number of carbonyl (C=O) groups excluding carboxylic acids is 1. The first-order valence-electron chi connectivity index (χ1n) is 10.5. The Bertz CT molecular complexity index is 1240. The second kappa shape index (κ2) is 8.86. The molecule has 0 unspecified atom stereocenters. The van der Waals surface area contributed by atoms with Gasteiger partial charge in [0.2, 0.25) is 0 Å². The Balaban J connectivity index is 1.48. The van der Waals surface area contributed by atoms with E-state index in [0.29, 0.717) is 25.4 Å². The fourth-order valence-electron chi connectivity index (χ4n) is 4.00. The van der Waals surface area contributed by atoms with Gasteiger partial charge in [0.05, 0.1) is 19.2 Å². The zero-order chi connectivity index (χ0) is 22.8. The maximum Gasteiger partial charge on any atom is 0.331 e. The molecule has 168 valence electrons. The van der Waals surface area contributed by atoms with Gasteiger partial charge >= 0.3 is 5.69 Å². The molecule has 3 heterocycles. The molecule has 0 saturated carbocycles. The Labute approximate surface area is 184 Å². The lowest BCUT2D eigenvalue weighted by atomic mass is 9.97. The summed E-state index contributed by atoms with van der Waals surface area (Å²) in [5, 5.41) is 0. The summed E-state index contributed by atoms with van der Waals surface area (Å²) in [6, 6.07) is 8.99. The largest absolute Gasteiger partial charge is 0.497 e. The highest BCUT2D eigenvalue weighted by Gasteiger charge is 2.29. The third-order valence-electron chi connectivity index (χ3n) is 5.91. The number of benzene rings is 1. The van der Waals surface area contributed by atoms with Gasteiger partial charge in [-0.15, -0.1) is 0 Å². The zero-order valence-corrected chi connectivity index (χ0v) is 18.4. The van der Waals surface area contributed by atoms with Crippen molar-refractivity contribution in [3.63, 3.8) is 0 Å². The average molecular weight is 438 g/mol. The molecule has 2 aromatic heterocycles. The minimum Gasteiger partial charge on any atom is -0.497 e. The van der Waals surface area contributed by atoms with Crippen LogP contribution in [0.15, 0.2) is 50.5 Å². The summed E-state index contributed by atoms with van der Waals surface area (Å²) in [4.78, 5) is 43.4. The fourth-order valence-corrected chi connectivity index (χ4v) is 4.00. The third kappa shape index (κ3) is 4.23. The number of oxazole rings is 1. The van der Waals surface area contributed by atoms with Crippen LogP contribution in [0.4, 0.5) is 0 Å². The Morgan fingerprint density at radius 3 is 2.66 bits per heavy atom. The Kier molecular flexibility index (Phi) is 5.98. The smallest absolute Gasteiger partial charge is 0.331 e. The number of hydrogen-bond donors (Lipinski definition) is 0. The van der Waals surface area contributed by atoms with Crippen LogP contribution in [0, 0.1) is 0 Å². The second-order valence-electron chi connectivity index (χ2n) is 8.05. The molecule has 1 aliphatic rings. The monoisotopic (exact) mass is 438 g/mol. The van der Waals surface area contributed by atoms with E-state index >= 15 is 0 Å². The van der Waals surface area contributed by atoms with Crippen molar-refractivity contribution in [2.24, 2.45) is 14.1 Å². The molecular formula is C23H26N4O5. The van der Waals surface area contributed by atoms with Crippen LogP contribution < -0.4 is 16.0 Å². The molecule has 1 saturated heterocycles. The van der Waals surface area contributed by atoms with Crippen molar-refractivity contribution >= 4 is 5.91 Å². The van der Waals surface area contributed by atoms with Gasteiger partial charge in [-0.25, -0.2) is 9.78 Å². The first kappa shape index (κ1) is 21.6. The Hall–Kier alpha value is -3.62.